The molecule has 8 heteroatoms. The third-order valence-electron chi connectivity index (χ3n) is 4.17. The molecule has 2 aliphatic heterocycles. The second-order valence-corrected chi connectivity index (χ2v) is 7.07. The third-order valence-corrected chi connectivity index (χ3v) is 5.12. The van der Waals surface area contributed by atoms with Crippen LogP contribution in [-0.4, -0.2) is 40.3 Å². The number of benzene rings is 1. The van der Waals surface area contributed by atoms with Crippen molar-refractivity contribution < 1.29 is 23.9 Å². The van der Waals surface area contributed by atoms with Crippen LogP contribution < -0.4 is 4.74 Å². The maximum Gasteiger partial charge on any atom is 0.338 e. The van der Waals surface area contributed by atoms with E-state index < -0.39 is 18.0 Å². The van der Waals surface area contributed by atoms with E-state index in [4.69, 9.17) is 9.47 Å². The van der Waals surface area contributed by atoms with Gasteiger partial charge in [0.05, 0.1) is 17.9 Å². The molecular formula is C19H20N2O5S. The molecule has 1 fully saturated rings. The summed E-state index contributed by atoms with van der Waals surface area (Å²) < 4.78 is 10.6. The number of allylic oxidation sites excluding steroid dienone is 1. The Kier molecular flexibility index (Phi) is 5.65. The Bertz CT molecular complexity index is 861. The first-order valence-electron chi connectivity index (χ1n) is 8.62. The highest BCUT2D eigenvalue weighted by Gasteiger charge is 2.42. The number of ether oxygens (including phenoxy) is 2. The number of esters is 2. The topological polar surface area (TPSA) is 85.3 Å². The van der Waals surface area contributed by atoms with Crippen molar-refractivity contribution in [1.29, 1.82) is 0 Å². The molecule has 0 spiro atoms. The molecule has 2 heterocycles. The summed E-state index contributed by atoms with van der Waals surface area (Å²) in [5, 5.41) is 0.541. The van der Waals surface area contributed by atoms with Crippen LogP contribution in [0.25, 0.3) is 0 Å². The lowest BCUT2D eigenvalue weighted by Gasteiger charge is -2.39. The molecule has 1 aromatic rings. The minimum Gasteiger partial charge on any atom is -0.463 e. The lowest BCUT2D eigenvalue weighted by Crippen LogP contribution is -2.46. The van der Waals surface area contributed by atoms with E-state index >= 15 is 0 Å². The predicted molar refractivity (Wildman–Crippen MR) is 101 cm³/mol. The SMILES string of the molecule is CCOC(=O)C1=C(C)N=C2SCCC(=O)N2C1c1ccccc1OC(C)=O. The minimum atomic E-state index is -0.757. The summed E-state index contributed by atoms with van der Waals surface area (Å²) in [5.74, 6) is -0.221. The molecule has 142 valence electrons. The monoisotopic (exact) mass is 388 g/mol. The highest BCUT2D eigenvalue weighted by atomic mass is 32.2. The van der Waals surface area contributed by atoms with Crippen molar-refractivity contribution in [3.63, 3.8) is 0 Å². The fourth-order valence-electron chi connectivity index (χ4n) is 3.11. The van der Waals surface area contributed by atoms with Crippen molar-refractivity contribution in [3.05, 3.63) is 41.1 Å². The molecule has 1 atom stereocenters. The van der Waals surface area contributed by atoms with Gasteiger partial charge in [0, 0.05) is 24.7 Å². The first-order valence-corrected chi connectivity index (χ1v) is 9.61. The zero-order valence-corrected chi connectivity index (χ0v) is 16.2. The molecule has 1 aromatic carbocycles. The van der Waals surface area contributed by atoms with E-state index in [0.717, 1.165) is 0 Å². The smallest absolute Gasteiger partial charge is 0.338 e. The number of amides is 1. The van der Waals surface area contributed by atoms with Crippen LogP contribution in [0.15, 0.2) is 40.5 Å². The average molecular weight is 388 g/mol. The van der Waals surface area contributed by atoms with Crippen molar-refractivity contribution in [1.82, 2.24) is 4.90 Å². The van der Waals surface area contributed by atoms with E-state index in [1.165, 1.54) is 23.6 Å². The van der Waals surface area contributed by atoms with E-state index in [2.05, 4.69) is 4.99 Å². The molecule has 0 radical (unpaired) electrons. The number of carbonyl (C=O) groups excluding carboxylic acids is 3. The lowest BCUT2D eigenvalue weighted by atomic mass is 9.93. The normalized spacial score (nSPS) is 19.4. The van der Waals surface area contributed by atoms with Crippen LogP contribution in [0.3, 0.4) is 0 Å². The van der Waals surface area contributed by atoms with Gasteiger partial charge in [0.2, 0.25) is 5.91 Å². The van der Waals surface area contributed by atoms with Gasteiger partial charge in [-0.3, -0.25) is 14.5 Å². The van der Waals surface area contributed by atoms with Crippen molar-refractivity contribution in [2.75, 3.05) is 12.4 Å². The largest absolute Gasteiger partial charge is 0.463 e. The van der Waals surface area contributed by atoms with Gasteiger partial charge in [-0.15, -0.1) is 0 Å². The van der Waals surface area contributed by atoms with E-state index in [-0.39, 0.29) is 18.1 Å². The molecule has 7 nitrogen and oxygen atoms in total. The first-order chi connectivity index (χ1) is 12.9. The van der Waals surface area contributed by atoms with E-state index in [1.54, 1.807) is 38.1 Å². The zero-order chi connectivity index (χ0) is 19.6. The van der Waals surface area contributed by atoms with Crippen LogP contribution in [-0.2, 0) is 19.1 Å². The van der Waals surface area contributed by atoms with Crippen LogP contribution in [0, 0.1) is 0 Å². The van der Waals surface area contributed by atoms with Gasteiger partial charge in [0.15, 0.2) is 5.17 Å². The number of amidine groups is 1. The number of thioether (sulfide) groups is 1. The minimum absolute atomic E-state index is 0.135. The Labute approximate surface area is 161 Å². The zero-order valence-electron chi connectivity index (χ0n) is 15.4. The van der Waals surface area contributed by atoms with Crippen molar-refractivity contribution in [2.45, 2.75) is 33.2 Å². The summed E-state index contributed by atoms with van der Waals surface area (Å²) in [7, 11) is 0. The molecule has 0 bridgehead atoms. The van der Waals surface area contributed by atoms with Crippen molar-refractivity contribution in [3.8, 4) is 5.75 Å². The fraction of sp³-hybridized carbons (Fsp3) is 0.368. The molecule has 27 heavy (non-hydrogen) atoms. The maximum atomic E-state index is 12.7. The Morgan fingerprint density at radius 1 is 1.33 bits per heavy atom. The summed E-state index contributed by atoms with van der Waals surface area (Å²) >= 11 is 1.46. The van der Waals surface area contributed by atoms with E-state index in [0.29, 0.717) is 34.4 Å². The van der Waals surface area contributed by atoms with E-state index in [1.807, 2.05) is 0 Å². The molecule has 1 unspecified atom stereocenters. The molecule has 2 aliphatic rings. The fourth-order valence-corrected chi connectivity index (χ4v) is 4.12. The molecule has 1 amide bonds. The second-order valence-electron chi connectivity index (χ2n) is 6.01. The lowest BCUT2D eigenvalue weighted by molar-refractivity contribution is -0.139. The molecule has 1 saturated heterocycles. The van der Waals surface area contributed by atoms with Gasteiger partial charge in [0.1, 0.15) is 11.8 Å². The Hall–Kier alpha value is -2.61. The number of aliphatic imine (C=N–C) groups is 1. The van der Waals surface area contributed by atoms with Gasteiger partial charge in [0.25, 0.3) is 0 Å². The molecular weight excluding hydrogens is 368 g/mol. The standard InChI is InChI=1S/C19H20N2O5S/c1-4-25-18(24)16-11(2)20-19-21(15(23)9-10-27-19)17(16)13-7-5-6-8-14(13)26-12(3)22/h5-8,17H,4,9-10H2,1-3H3. The summed E-state index contributed by atoms with van der Waals surface area (Å²) in [4.78, 5) is 42.9. The maximum absolute atomic E-state index is 12.7. The predicted octanol–water partition coefficient (Wildman–Crippen LogP) is 2.83. The molecule has 3 rings (SSSR count). The number of nitrogens with zero attached hydrogens (tertiary/aromatic N) is 2. The van der Waals surface area contributed by atoms with Gasteiger partial charge >= 0.3 is 11.9 Å². The molecule has 0 saturated carbocycles. The quantitative estimate of drug-likeness (QED) is 0.582. The number of hydrogen-bond donors (Lipinski definition) is 0. The number of para-hydroxylation sites is 1. The summed E-state index contributed by atoms with van der Waals surface area (Å²) in [6, 6.07) is 6.13. The van der Waals surface area contributed by atoms with Crippen molar-refractivity contribution >= 4 is 34.8 Å². The van der Waals surface area contributed by atoms with Gasteiger partial charge in [-0.2, -0.15) is 0 Å². The van der Waals surface area contributed by atoms with Crippen LogP contribution in [0.4, 0.5) is 0 Å². The van der Waals surface area contributed by atoms with Gasteiger partial charge in [-0.25, -0.2) is 9.79 Å². The number of carbonyl (C=O) groups is 3. The Morgan fingerprint density at radius 3 is 2.78 bits per heavy atom. The second kappa shape index (κ2) is 7.96. The number of fused-ring (bicyclic) bond motifs is 1. The number of hydrogen-bond acceptors (Lipinski definition) is 7. The highest BCUT2D eigenvalue weighted by Crippen LogP contribution is 2.43. The van der Waals surface area contributed by atoms with Crippen LogP contribution in [0.1, 0.15) is 38.8 Å². The third kappa shape index (κ3) is 3.75. The van der Waals surface area contributed by atoms with Crippen LogP contribution in [0.5, 0.6) is 5.75 Å². The first kappa shape index (κ1) is 19.2. The number of rotatable bonds is 4. The Balaban J connectivity index is 2.19. The van der Waals surface area contributed by atoms with Crippen LogP contribution >= 0.6 is 11.8 Å². The van der Waals surface area contributed by atoms with Crippen molar-refractivity contribution in [2.24, 2.45) is 4.99 Å². The Morgan fingerprint density at radius 2 is 2.07 bits per heavy atom. The summed E-state index contributed by atoms with van der Waals surface area (Å²) in [5.41, 5.74) is 1.30. The van der Waals surface area contributed by atoms with E-state index in [9.17, 15) is 14.4 Å². The van der Waals surface area contributed by atoms with Gasteiger partial charge in [-0.1, -0.05) is 30.0 Å². The molecule has 0 aliphatic carbocycles. The van der Waals surface area contributed by atoms with Crippen LogP contribution in [0.2, 0.25) is 0 Å². The van der Waals surface area contributed by atoms with Gasteiger partial charge < -0.3 is 9.47 Å². The van der Waals surface area contributed by atoms with Gasteiger partial charge in [-0.05, 0) is 19.9 Å². The summed E-state index contributed by atoms with van der Waals surface area (Å²) in [6.07, 6.45) is 0.338. The average Bonchev–Trinajstić information content (AvgIpc) is 2.61. The molecule has 0 N–H and O–H groups in total. The highest BCUT2D eigenvalue weighted by molar-refractivity contribution is 8.14. The summed E-state index contributed by atoms with van der Waals surface area (Å²) in [6.45, 7) is 4.94. The molecule has 0 aromatic heterocycles.